The van der Waals surface area contributed by atoms with Crippen molar-refractivity contribution in [2.24, 2.45) is 0 Å². The Morgan fingerprint density at radius 3 is 1.17 bits per heavy atom. The molecular formula is C42H50N2O8. The van der Waals surface area contributed by atoms with E-state index >= 15 is 0 Å². The molecule has 0 heterocycles. The van der Waals surface area contributed by atoms with Gasteiger partial charge < -0.3 is 39.8 Å². The van der Waals surface area contributed by atoms with Gasteiger partial charge in [-0.25, -0.2) is 0 Å². The molecule has 0 saturated carbocycles. The van der Waals surface area contributed by atoms with Crippen LogP contribution >= 0.6 is 0 Å². The van der Waals surface area contributed by atoms with Crippen molar-refractivity contribution >= 4 is 11.8 Å². The average molecular weight is 711 g/mol. The van der Waals surface area contributed by atoms with Gasteiger partial charge in [0.25, 0.3) is 0 Å². The Morgan fingerprint density at radius 1 is 0.558 bits per heavy atom. The van der Waals surface area contributed by atoms with Crippen LogP contribution in [0.4, 0.5) is 0 Å². The van der Waals surface area contributed by atoms with Crippen molar-refractivity contribution in [3.8, 4) is 23.0 Å². The number of aromatic hydroxyl groups is 2. The molecule has 2 amide bonds. The van der Waals surface area contributed by atoms with Crippen LogP contribution in [0, 0.1) is 0 Å². The maximum atomic E-state index is 11.9. The van der Waals surface area contributed by atoms with Gasteiger partial charge in [-0.05, 0) is 93.7 Å². The first kappa shape index (κ1) is 38.2. The second kappa shape index (κ2) is 18.4. The number of ether oxygens (including phenoxy) is 4. The lowest BCUT2D eigenvalue weighted by Gasteiger charge is -2.22. The number of hydrogen-bond donors (Lipinski definition) is 4. The number of benzene rings is 4. The highest BCUT2D eigenvalue weighted by atomic mass is 16.5. The summed E-state index contributed by atoms with van der Waals surface area (Å²) in [7, 11) is 0. The average Bonchev–Trinajstić information content (AvgIpc) is 3.11. The van der Waals surface area contributed by atoms with Crippen LogP contribution in [-0.2, 0) is 57.8 Å². The quantitative estimate of drug-likeness (QED) is 0.105. The number of fused-ring (bicyclic) bond motifs is 8. The van der Waals surface area contributed by atoms with E-state index in [1.165, 1.54) is 13.8 Å². The minimum Gasteiger partial charge on any atom is -0.507 e. The number of carbonyl (C=O) groups excluding carboxylic acids is 2. The van der Waals surface area contributed by atoms with E-state index in [2.05, 4.69) is 10.6 Å². The van der Waals surface area contributed by atoms with Gasteiger partial charge in [-0.3, -0.25) is 9.59 Å². The molecule has 4 aromatic carbocycles. The monoisotopic (exact) mass is 710 g/mol. The van der Waals surface area contributed by atoms with E-state index in [1.807, 2.05) is 74.5 Å². The summed E-state index contributed by atoms with van der Waals surface area (Å²) >= 11 is 0. The zero-order valence-corrected chi connectivity index (χ0v) is 30.6. The van der Waals surface area contributed by atoms with Crippen LogP contribution in [0.1, 0.15) is 83.3 Å². The molecule has 5 rings (SSSR count). The SMILES string of the molecule is CCOCCOc1c2cccc1Cc1cc(CNC(C)=O)cc(c1O)Cc1cccc(c1OCCOCC)Cc1cc(CNC(C)=O)cc(c1O)C2. The van der Waals surface area contributed by atoms with Crippen LogP contribution in [0.3, 0.4) is 0 Å². The van der Waals surface area contributed by atoms with E-state index < -0.39 is 0 Å². The van der Waals surface area contributed by atoms with E-state index in [4.69, 9.17) is 18.9 Å². The number of phenolic OH excluding ortho intramolecular Hbond substituents is 2. The van der Waals surface area contributed by atoms with Gasteiger partial charge in [0, 0.05) is 65.8 Å². The lowest BCUT2D eigenvalue weighted by atomic mass is 9.89. The molecule has 0 aromatic heterocycles. The molecule has 0 unspecified atom stereocenters. The van der Waals surface area contributed by atoms with E-state index in [0.29, 0.717) is 112 Å². The van der Waals surface area contributed by atoms with Crippen LogP contribution in [0.15, 0.2) is 60.7 Å². The second-order valence-corrected chi connectivity index (χ2v) is 13.0. The zero-order chi connectivity index (χ0) is 37.0. The molecule has 1 aliphatic rings. The molecule has 4 aromatic rings. The highest BCUT2D eigenvalue weighted by Gasteiger charge is 2.22. The summed E-state index contributed by atoms with van der Waals surface area (Å²) in [6.07, 6.45) is 1.40. The van der Waals surface area contributed by atoms with Crippen molar-refractivity contribution in [3.05, 3.63) is 116 Å². The molecule has 0 saturated heterocycles. The first-order chi connectivity index (χ1) is 25.2. The van der Waals surface area contributed by atoms with Crippen molar-refractivity contribution in [2.75, 3.05) is 39.6 Å². The van der Waals surface area contributed by atoms with Gasteiger partial charge in [-0.1, -0.05) is 36.4 Å². The third kappa shape index (κ3) is 10.0. The van der Waals surface area contributed by atoms with Crippen LogP contribution in [0.25, 0.3) is 0 Å². The van der Waals surface area contributed by atoms with Crippen molar-refractivity contribution in [1.29, 1.82) is 0 Å². The molecular weight excluding hydrogens is 660 g/mol. The van der Waals surface area contributed by atoms with Crippen LogP contribution in [0.2, 0.25) is 0 Å². The Morgan fingerprint density at radius 2 is 0.885 bits per heavy atom. The Labute approximate surface area is 306 Å². The van der Waals surface area contributed by atoms with Gasteiger partial charge in [-0.2, -0.15) is 0 Å². The summed E-state index contributed by atoms with van der Waals surface area (Å²) in [4.78, 5) is 23.8. The molecule has 10 heteroatoms. The fourth-order valence-electron chi connectivity index (χ4n) is 6.58. The fourth-order valence-corrected chi connectivity index (χ4v) is 6.58. The number of rotatable bonds is 14. The van der Waals surface area contributed by atoms with Crippen LogP contribution < -0.4 is 20.1 Å². The minimum absolute atomic E-state index is 0.146. The van der Waals surface area contributed by atoms with Gasteiger partial charge in [-0.15, -0.1) is 0 Å². The topological polar surface area (TPSA) is 136 Å². The molecule has 8 bridgehead atoms. The summed E-state index contributed by atoms with van der Waals surface area (Å²) in [5.41, 5.74) is 7.90. The molecule has 1 aliphatic carbocycles. The molecule has 4 N–H and O–H groups in total. The summed E-state index contributed by atoms with van der Waals surface area (Å²) in [5, 5.41) is 29.6. The van der Waals surface area contributed by atoms with Crippen LogP contribution in [-0.4, -0.2) is 61.7 Å². The standard InChI is InChI=1S/C42H50N2O8/c1-5-49-13-15-51-41-31-9-7-10-32(41)22-36-18-30(26-44-28(4)46)20-38(40(36)48)24-34-12-8-11-33(42(34)52-16-14-50-6-2)23-37-19-29(25-43-27(3)45)17-35(21-31)39(37)47/h7-12,17-20,47-48H,5-6,13-16,21-26H2,1-4H3,(H,43,45)(H,44,46). The third-order valence-electron chi connectivity index (χ3n) is 8.97. The molecule has 10 nitrogen and oxygen atoms in total. The van der Waals surface area contributed by atoms with Gasteiger partial charge in [0.15, 0.2) is 0 Å². The van der Waals surface area contributed by atoms with E-state index in [9.17, 15) is 19.8 Å². The predicted molar refractivity (Wildman–Crippen MR) is 199 cm³/mol. The molecule has 0 atom stereocenters. The van der Waals surface area contributed by atoms with Crippen LogP contribution in [0.5, 0.6) is 23.0 Å². The first-order valence-electron chi connectivity index (χ1n) is 18.0. The first-order valence-corrected chi connectivity index (χ1v) is 18.0. The fraction of sp³-hybridized carbons (Fsp3) is 0.381. The molecule has 52 heavy (non-hydrogen) atoms. The Balaban J connectivity index is 1.72. The van der Waals surface area contributed by atoms with Gasteiger partial charge >= 0.3 is 0 Å². The Kier molecular flexibility index (Phi) is 13.5. The molecule has 0 fully saturated rings. The van der Waals surface area contributed by atoms with Gasteiger partial charge in [0.1, 0.15) is 36.2 Å². The van der Waals surface area contributed by atoms with Gasteiger partial charge in [0.2, 0.25) is 11.8 Å². The lowest BCUT2D eigenvalue weighted by Crippen LogP contribution is -2.19. The second-order valence-electron chi connectivity index (χ2n) is 13.0. The third-order valence-corrected chi connectivity index (χ3v) is 8.97. The number of hydrogen-bond acceptors (Lipinski definition) is 8. The van der Waals surface area contributed by atoms with E-state index in [1.54, 1.807) is 0 Å². The molecule has 0 spiro atoms. The van der Waals surface area contributed by atoms with Crippen molar-refractivity contribution < 1.29 is 38.7 Å². The largest absolute Gasteiger partial charge is 0.507 e. The lowest BCUT2D eigenvalue weighted by molar-refractivity contribution is -0.120. The number of para-hydroxylation sites is 2. The van der Waals surface area contributed by atoms with Crippen molar-refractivity contribution in [3.63, 3.8) is 0 Å². The number of nitrogens with one attached hydrogen (secondary N) is 2. The maximum Gasteiger partial charge on any atom is 0.217 e. The zero-order valence-electron chi connectivity index (χ0n) is 30.6. The molecule has 0 radical (unpaired) electrons. The summed E-state index contributed by atoms with van der Waals surface area (Å²) in [6, 6.07) is 19.5. The van der Waals surface area contributed by atoms with Gasteiger partial charge in [0.05, 0.1) is 13.2 Å². The Hall–Kier alpha value is -5.06. The van der Waals surface area contributed by atoms with E-state index in [-0.39, 0.29) is 23.3 Å². The minimum atomic E-state index is -0.146. The predicted octanol–water partition coefficient (Wildman–Crippen LogP) is 5.88. The number of phenols is 2. The summed E-state index contributed by atoms with van der Waals surface area (Å²) in [5.74, 6) is 1.36. The maximum absolute atomic E-state index is 11.9. The molecule has 0 aliphatic heterocycles. The Bertz CT molecular complexity index is 1650. The summed E-state index contributed by atoms with van der Waals surface area (Å²) in [6.45, 7) is 10.0. The van der Waals surface area contributed by atoms with Crippen molar-refractivity contribution in [2.45, 2.75) is 66.5 Å². The van der Waals surface area contributed by atoms with E-state index in [0.717, 1.165) is 33.4 Å². The number of carbonyl (C=O) groups is 2. The normalized spacial score (nSPS) is 12.2. The number of amides is 2. The highest BCUT2D eigenvalue weighted by Crippen LogP contribution is 2.39. The smallest absolute Gasteiger partial charge is 0.217 e. The highest BCUT2D eigenvalue weighted by molar-refractivity contribution is 5.73. The van der Waals surface area contributed by atoms with Crippen molar-refractivity contribution in [1.82, 2.24) is 10.6 Å². The molecule has 276 valence electrons. The summed E-state index contributed by atoms with van der Waals surface area (Å²) < 4.78 is 24.0.